The third-order valence-corrected chi connectivity index (χ3v) is 4.64. The highest BCUT2D eigenvalue weighted by atomic mass is 16.5. The quantitative estimate of drug-likeness (QED) is 0.748. The molecule has 0 aliphatic rings. The number of amides is 1. The van der Waals surface area contributed by atoms with Gasteiger partial charge >= 0.3 is 0 Å². The Kier molecular flexibility index (Phi) is 6.56. The molecule has 0 bridgehead atoms. The van der Waals surface area contributed by atoms with Gasteiger partial charge in [0.1, 0.15) is 5.75 Å². The van der Waals surface area contributed by atoms with Crippen LogP contribution in [0.2, 0.25) is 0 Å². The number of hydrogen-bond donors (Lipinski definition) is 1. The molecule has 0 radical (unpaired) electrons. The van der Waals surface area contributed by atoms with E-state index in [-0.39, 0.29) is 30.6 Å². The summed E-state index contributed by atoms with van der Waals surface area (Å²) in [6.07, 6.45) is 0.371. The van der Waals surface area contributed by atoms with E-state index in [1.54, 1.807) is 7.11 Å². The minimum atomic E-state index is -0.186. The van der Waals surface area contributed by atoms with Crippen molar-refractivity contribution >= 4 is 11.7 Å². The van der Waals surface area contributed by atoms with Crippen LogP contribution in [0.5, 0.6) is 5.75 Å². The predicted octanol–water partition coefficient (Wildman–Crippen LogP) is 4.46. The summed E-state index contributed by atoms with van der Waals surface area (Å²) in [5.74, 6) is 0.594. The van der Waals surface area contributed by atoms with Crippen LogP contribution >= 0.6 is 0 Å². The van der Waals surface area contributed by atoms with Gasteiger partial charge in [-0.2, -0.15) is 0 Å². The van der Waals surface area contributed by atoms with Gasteiger partial charge in [-0.15, -0.1) is 0 Å². The van der Waals surface area contributed by atoms with Crippen molar-refractivity contribution < 1.29 is 14.3 Å². The summed E-state index contributed by atoms with van der Waals surface area (Å²) < 4.78 is 5.37. The zero-order valence-corrected chi connectivity index (χ0v) is 16.2. The topological polar surface area (TPSA) is 55.4 Å². The molecule has 2 aromatic rings. The summed E-state index contributed by atoms with van der Waals surface area (Å²) in [5.41, 5.74) is 4.93. The molecule has 1 atom stereocenters. The van der Waals surface area contributed by atoms with Crippen molar-refractivity contribution in [3.05, 3.63) is 64.2 Å². The highest BCUT2D eigenvalue weighted by Crippen LogP contribution is 2.26. The Labute approximate surface area is 155 Å². The molecule has 0 heterocycles. The minimum Gasteiger partial charge on any atom is -0.496 e. The third kappa shape index (κ3) is 4.94. The molecule has 0 saturated carbocycles. The van der Waals surface area contributed by atoms with E-state index in [9.17, 15) is 9.59 Å². The molecule has 0 unspecified atom stereocenters. The fraction of sp³-hybridized carbons (Fsp3) is 0.364. The number of nitrogens with one attached hydrogen (secondary N) is 1. The van der Waals surface area contributed by atoms with Gasteiger partial charge in [-0.1, -0.05) is 29.8 Å². The molecule has 1 N–H and O–H groups in total. The van der Waals surface area contributed by atoms with Gasteiger partial charge in [0.25, 0.3) is 0 Å². The normalized spacial score (nSPS) is 11.7. The molecule has 2 aromatic carbocycles. The molecule has 2 rings (SSSR count). The Morgan fingerprint density at radius 1 is 1.00 bits per heavy atom. The maximum atomic E-state index is 12.3. The Morgan fingerprint density at radius 3 is 2.38 bits per heavy atom. The number of hydrogen-bond acceptors (Lipinski definition) is 3. The Bertz CT molecular complexity index is 811. The van der Waals surface area contributed by atoms with Gasteiger partial charge in [0.2, 0.25) is 5.91 Å². The number of ether oxygens (including phenoxy) is 1. The van der Waals surface area contributed by atoms with Gasteiger partial charge in [0, 0.05) is 24.0 Å². The Balaban J connectivity index is 1.95. The van der Waals surface area contributed by atoms with Crippen LogP contribution in [-0.2, 0) is 4.79 Å². The van der Waals surface area contributed by atoms with Gasteiger partial charge in [-0.05, 0) is 51.0 Å². The number of methoxy groups -OCH3 is 1. The molecule has 138 valence electrons. The van der Waals surface area contributed by atoms with E-state index >= 15 is 0 Å². The summed E-state index contributed by atoms with van der Waals surface area (Å²) in [6.45, 7) is 7.91. The highest BCUT2D eigenvalue weighted by Gasteiger charge is 2.16. The smallest absolute Gasteiger partial charge is 0.220 e. The first-order valence-electron chi connectivity index (χ1n) is 8.86. The van der Waals surface area contributed by atoms with E-state index in [0.717, 1.165) is 28.0 Å². The molecule has 4 nitrogen and oxygen atoms in total. The average Bonchev–Trinajstić information content (AvgIpc) is 2.61. The molecule has 0 aromatic heterocycles. The Hall–Kier alpha value is -2.62. The van der Waals surface area contributed by atoms with Crippen molar-refractivity contribution in [2.75, 3.05) is 7.11 Å². The first-order chi connectivity index (χ1) is 12.3. The lowest BCUT2D eigenvalue weighted by molar-refractivity contribution is -0.121. The predicted molar refractivity (Wildman–Crippen MR) is 104 cm³/mol. The number of rotatable bonds is 7. The van der Waals surface area contributed by atoms with Crippen LogP contribution < -0.4 is 10.1 Å². The van der Waals surface area contributed by atoms with Gasteiger partial charge in [0.05, 0.1) is 13.2 Å². The van der Waals surface area contributed by atoms with Crippen molar-refractivity contribution in [1.29, 1.82) is 0 Å². The lowest BCUT2D eigenvalue weighted by Crippen LogP contribution is -2.27. The van der Waals surface area contributed by atoms with Crippen LogP contribution in [0.4, 0.5) is 0 Å². The monoisotopic (exact) mass is 353 g/mol. The fourth-order valence-electron chi connectivity index (χ4n) is 2.87. The van der Waals surface area contributed by atoms with Crippen molar-refractivity contribution in [3.63, 3.8) is 0 Å². The summed E-state index contributed by atoms with van der Waals surface area (Å²) in [6, 6.07) is 11.3. The van der Waals surface area contributed by atoms with E-state index < -0.39 is 0 Å². The van der Waals surface area contributed by atoms with Crippen LogP contribution in [-0.4, -0.2) is 18.8 Å². The van der Waals surface area contributed by atoms with E-state index in [2.05, 4.69) is 5.32 Å². The maximum Gasteiger partial charge on any atom is 0.220 e. The van der Waals surface area contributed by atoms with E-state index in [1.165, 1.54) is 0 Å². The molecule has 0 aliphatic carbocycles. The Morgan fingerprint density at radius 2 is 1.73 bits per heavy atom. The SMILES string of the molecule is COc1ccc(C)cc1[C@@H](C)NC(=O)CCC(=O)c1ccc(C)c(C)c1. The molecular formula is C22H27NO3. The second kappa shape index (κ2) is 8.65. The van der Waals surface area contributed by atoms with Crippen molar-refractivity contribution in [3.8, 4) is 5.75 Å². The zero-order chi connectivity index (χ0) is 19.3. The number of ketones is 1. The van der Waals surface area contributed by atoms with E-state index in [1.807, 2.05) is 64.1 Å². The molecule has 0 spiro atoms. The number of carbonyl (C=O) groups excluding carboxylic acids is 2. The second-order valence-electron chi connectivity index (χ2n) is 6.76. The number of carbonyl (C=O) groups is 2. The van der Waals surface area contributed by atoms with Crippen LogP contribution in [0.15, 0.2) is 36.4 Å². The fourth-order valence-corrected chi connectivity index (χ4v) is 2.87. The number of Topliss-reactive ketones (excluding diaryl/α,β-unsaturated/α-hetero) is 1. The van der Waals surface area contributed by atoms with Gasteiger partial charge in [-0.25, -0.2) is 0 Å². The van der Waals surface area contributed by atoms with Gasteiger partial charge in [-0.3, -0.25) is 9.59 Å². The van der Waals surface area contributed by atoms with Gasteiger partial charge < -0.3 is 10.1 Å². The summed E-state index contributed by atoms with van der Waals surface area (Å²) in [4.78, 5) is 24.6. The highest BCUT2D eigenvalue weighted by molar-refractivity contribution is 5.98. The molecule has 0 aliphatic heterocycles. The van der Waals surface area contributed by atoms with E-state index in [4.69, 9.17) is 4.74 Å². The van der Waals surface area contributed by atoms with Crippen molar-refractivity contribution in [2.45, 2.75) is 46.6 Å². The van der Waals surface area contributed by atoms with Crippen LogP contribution in [0.3, 0.4) is 0 Å². The zero-order valence-electron chi connectivity index (χ0n) is 16.2. The van der Waals surface area contributed by atoms with Crippen LogP contribution in [0, 0.1) is 20.8 Å². The van der Waals surface area contributed by atoms with Crippen molar-refractivity contribution in [1.82, 2.24) is 5.32 Å². The van der Waals surface area contributed by atoms with Gasteiger partial charge in [0.15, 0.2) is 5.78 Å². The van der Waals surface area contributed by atoms with E-state index in [0.29, 0.717) is 5.56 Å². The number of benzene rings is 2. The molecule has 26 heavy (non-hydrogen) atoms. The lowest BCUT2D eigenvalue weighted by Gasteiger charge is -2.18. The summed E-state index contributed by atoms with van der Waals surface area (Å²) in [5, 5.41) is 2.95. The lowest BCUT2D eigenvalue weighted by atomic mass is 10.0. The average molecular weight is 353 g/mol. The first kappa shape index (κ1) is 19.7. The standard InChI is InChI=1S/C22H27NO3/c1-14-6-10-21(26-5)19(12-14)17(4)23-22(25)11-9-20(24)18-8-7-15(2)16(3)13-18/h6-8,10,12-13,17H,9,11H2,1-5H3,(H,23,25)/t17-/m1/s1. The number of aryl methyl sites for hydroxylation is 3. The molecular weight excluding hydrogens is 326 g/mol. The van der Waals surface area contributed by atoms with Crippen molar-refractivity contribution in [2.24, 2.45) is 0 Å². The largest absolute Gasteiger partial charge is 0.496 e. The molecule has 0 fully saturated rings. The van der Waals surface area contributed by atoms with Crippen LogP contribution in [0.1, 0.15) is 58.4 Å². The van der Waals surface area contributed by atoms with Crippen LogP contribution in [0.25, 0.3) is 0 Å². The second-order valence-corrected chi connectivity index (χ2v) is 6.76. The first-order valence-corrected chi connectivity index (χ1v) is 8.86. The summed E-state index contributed by atoms with van der Waals surface area (Å²) in [7, 11) is 1.62. The molecule has 4 heteroatoms. The maximum absolute atomic E-state index is 12.3. The third-order valence-electron chi connectivity index (χ3n) is 4.64. The molecule has 0 saturated heterocycles. The molecule has 1 amide bonds. The summed E-state index contributed by atoms with van der Waals surface area (Å²) >= 11 is 0. The minimum absolute atomic E-state index is 0.0101.